The molecule has 1 heterocycles. The van der Waals surface area contributed by atoms with Crippen LogP contribution in [0.2, 0.25) is 0 Å². The van der Waals surface area contributed by atoms with Gasteiger partial charge in [0.05, 0.1) is 13.4 Å². The molecule has 1 aliphatic rings. The Morgan fingerprint density at radius 3 is 2.64 bits per heavy atom. The summed E-state index contributed by atoms with van der Waals surface area (Å²) in [6.45, 7) is -0.142. The molecule has 1 aromatic rings. The molecule has 0 saturated heterocycles. The Kier molecular flexibility index (Phi) is 5.59. The number of esters is 1. The van der Waals surface area contributed by atoms with Gasteiger partial charge in [-0.2, -0.15) is 0 Å². The van der Waals surface area contributed by atoms with Crippen molar-refractivity contribution in [3.8, 4) is 0 Å². The Bertz CT molecular complexity index is 567. The maximum atomic E-state index is 12.2. The fourth-order valence-electron chi connectivity index (χ4n) is 1.82. The van der Waals surface area contributed by atoms with Crippen molar-refractivity contribution < 1.29 is 23.8 Å². The zero-order valence-corrected chi connectivity index (χ0v) is 12.2. The number of methoxy groups -OCH3 is 1. The van der Waals surface area contributed by atoms with Gasteiger partial charge in [0.1, 0.15) is 13.2 Å². The van der Waals surface area contributed by atoms with Crippen LogP contribution in [0.4, 0.5) is 4.79 Å². The van der Waals surface area contributed by atoms with E-state index in [1.807, 2.05) is 30.3 Å². The van der Waals surface area contributed by atoms with Gasteiger partial charge in [0.2, 0.25) is 0 Å². The molecule has 0 aromatic heterocycles. The fraction of sp³-hybridized carbons (Fsp3) is 0.250. The fourth-order valence-corrected chi connectivity index (χ4v) is 1.82. The van der Waals surface area contributed by atoms with Crippen LogP contribution in [0.1, 0.15) is 5.56 Å². The van der Waals surface area contributed by atoms with E-state index in [2.05, 4.69) is 4.74 Å². The molecule has 116 valence electrons. The molecule has 0 fully saturated rings. The number of allylic oxidation sites excluding steroid dienone is 2. The molecule has 0 unspecified atom stereocenters. The van der Waals surface area contributed by atoms with Crippen LogP contribution in [0, 0.1) is 0 Å². The molecule has 0 aliphatic carbocycles. The van der Waals surface area contributed by atoms with E-state index in [0.717, 1.165) is 10.5 Å². The lowest BCUT2D eigenvalue weighted by Gasteiger charge is -2.28. The van der Waals surface area contributed by atoms with Crippen LogP contribution < -0.4 is 0 Å². The molecule has 6 nitrogen and oxygen atoms in total. The molecule has 22 heavy (non-hydrogen) atoms. The zero-order chi connectivity index (χ0) is 15.8. The quantitative estimate of drug-likeness (QED) is 0.780. The van der Waals surface area contributed by atoms with E-state index in [0.29, 0.717) is 0 Å². The third kappa shape index (κ3) is 4.37. The Balaban J connectivity index is 2.00. The lowest BCUT2D eigenvalue weighted by molar-refractivity contribution is -0.143. The van der Waals surface area contributed by atoms with Gasteiger partial charge in [0, 0.05) is 0 Å². The average molecular weight is 303 g/mol. The minimum atomic E-state index is -0.702. The molecular formula is C16H17NO5. The second-order valence-corrected chi connectivity index (χ2v) is 4.48. The van der Waals surface area contributed by atoms with Crippen molar-refractivity contribution >= 4 is 12.1 Å². The molecule has 0 radical (unpaired) electrons. The number of ether oxygens (including phenoxy) is 3. The Hall–Kier alpha value is -2.76. The van der Waals surface area contributed by atoms with E-state index in [-0.39, 0.29) is 13.2 Å². The highest BCUT2D eigenvalue weighted by Crippen LogP contribution is 2.12. The van der Waals surface area contributed by atoms with Crippen molar-refractivity contribution in [3.05, 3.63) is 60.4 Å². The van der Waals surface area contributed by atoms with Crippen LogP contribution in [-0.4, -0.2) is 36.8 Å². The van der Waals surface area contributed by atoms with Gasteiger partial charge in [0.25, 0.3) is 0 Å². The average Bonchev–Trinajstić information content (AvgIpc) is 2.59. The highest BCUT2D eigenvalue weighted by molar-refractivity contribution is 5.78. The SMILES string of the molecule is COC(=O)CN(C(=O)OCc1ccccc1)[C@@H]1C=CC=CO1. The highest BCUT2D eigenvalue weighted by atomic mass is 16.6. The van der Waals surface area contributed by atoms with Gasteiger partial charge < -0.3 is 14.2 Å². The smallest absolute Gasteiger partial charge is 0.413 e. The van der Waals surface area contributed by atoms with Gasteiger partial charge in [0.15, 0.2) is 6.23 Å². The van der Waals surface area contributed by atoms with Gasteiger partial charge in [-0.05, 0) is 17.7 Å². The maximum Gasteiger partial charge on any atom is 0.413 e. The van der Waals surface area contributed by atoms with Crippen LogP contribution in [0.15, 0.2) is 54.8 Å². The predicted octanol–water partition coefficient (Wildman–Crippen LogP) is 2.22. The second-order valence-electron chi connectivity index (χ2n) is 4.48. The summed E-state index contributed by atoms with van der Waals surface area (Å²) >= 11 is 0. The summed E-state index contributed by atoms with van der Waals surface area (Å²) in [6, 6.07) is 9.28. The van der Waals surface area contributed by atoms with Crippen molar-refractivity contribution in [2.24, 2.45) is 0 Å². The molecule has 1 amide bonds. The molecule has 1 aromatic carbocycles. The number of nitrogens with zero attached hydrogens (tertiary/aromatic N) is 1. The monoisotopic (exact) mass is 303 g/mol. The van der Waals surface area contributed by atoms with Crippen LogP contribution in [-0.2, 0) is 25.6 Å². The molecule has 6 heteroatoms. The number of hydrogen-bond donors (Lipinski definition) is 0. The molecule has 0 bridgehead atoms. The first-order chi connectivity index (χ1) is 10.7. The normalized spacial score (nSPS) is 15.8. The van der Waals surface area contributed by atoms with E-state index < -0.39 is 18.3 Å². The Morgan fingerprint density at radius 1 is 1.23 bits per heavy atom. The van der Waals surface area contributed by atoms with Crippen molar-refractivity contribution in [3.63, 3.8) is 0 Å². The minimum Gasteiger partial charge on any atom is -0.474 e. The molecule has 0 spiro atoms. The summed E-state index contributed by atoms with van der Waals surface area (Å²) < 4.78 is 15.1. The summed E-state index contributed by atoms with van der Waals surface area (Å²) in [4.78, 5) is 24.9. The summed E-state index contributed by atoms with van der Waals surface area (Å²) in [6.07, 6.45) is 5.14. The van der Waals surface area contributed by atoms with Crippen molar-refractivity contribution in [1.82, 2.24) is 4.90 Å². The first kappa shape index (κ1) is 15.6. The van der Waals surface area contributed by atoms with Crippen molar-refractivity contribution in [1.29, 1.82) is 0 Å². The van der Waals surface area contributed by atoms with Gasteiger partial charge in [-0.3, -0.25) is 9.69 Å². The lowest BCUT2D eigenvalue weighted by Crippen LogP contribution is -2.44. The number of rotatable bonds is 5. The van der Waals surface area contributed by atoms with Gasteiger partial charge in [-0.1, -0.05) is 36.4 Å². The topological polar surface area (TPSA) is 65.1 Å². The largest absolute Gasteiger partial charge is 0.474 e. The Labute approximate surface area is 128 Å². The Morgan fingerprint density at radius 2 is 2.00 bits per heavy atom. The van der Waals surface area contributed by atoms with Gasteiger partial charge in [-0.25, -0.2) is 4.79 Å². The van der Waals surface area contributed by atoms with Crippen LogP contribution in [0.3, 0.4) is 0 Å². The van der Waals surface area contributed by atoms with E-state index in [1.165, 1.54) is 13.4 Å². The lowest BCUT2D eigenvalue weighted by atomic mass is 10.2. The van der Waals surface area contributed by atoms with E-state index >= 15 is 0 Å². The first-order valence-corrected chi connectivity index (χ1v) is 6.73. The third-order valence-corrected chi connectivity index (χ3v) is 2.96. The summed E-state index contributed by atoms with van der Waals surface area (Å²) in [7, 11) is 1.26. The van der Waals surface area contributed by atoms with E-state index in [4.69, 9.17) is 9.47 Å². The van der Waals surface area contributed by atoms with Crippen LogP contribution in [0.5, 0.6) is 0 Å². The number of benzene rings is 1. The van der Waals surface area contributed by atoms with Crippen LogP contribution in [0.25, 0.3) is 0 Å². The van der Waals surface area contributed by atoms with E-state index in [1.54, 1.807) is 18.2 Å². The van der Waals surface area contributed by atoms with Crippen molar-refractivity contribution in [2.45, 2.75) is 12.8 Å². The number of carbonyl (C=O) groups excluding carboxylic acids is 2. The highest BCUT2D eigenvalue weighted by Gasteiger charge is 2.27. The second kappa shape index (κ2) is 7.87. The summed E-state index contributed by atoms with van der Waals surface area (Å²) in [5.74, 6) is -0.553. The summed E-state index contributed by atoms with van der Waals surface area (Å²) in [5, 5.41) is 0. The molecule has 2 rings (SSSR count). The van der Waals surface area contributed by atoms with Gasteiger partial charge in [-0.15, -0.1) is 0 Å². The van der Waals surface area contributed by atoms with Crippen LogP contribution >= 0.6 is 0 Å². The number of hydrogen-bond acceptors (Lipinski definition) is 5. The first-order valence-electron chi connectivity index (χ1n) is 6.73. The standard InChI is InChI=1S/C16H17NO5/c1-20-15(18)11-17(14-9-5-6-10-21-14)16(19)22-12-13-7-3-2-4-8-13/h2-10,14H,11-12H2,1H3/t14-/m0/s1. The predicted molar refractivity (Wildman–Crippen MR) is 78.5 cm³/mol. The minimum absolute atomic E-state index is 0.115. The van der Waals surface area contributed by atoms with Crippen molar-refractivity contribution in [2.75, 3.05) is 13.7 Å². The molecule has 1 atom stereocenters. The van der Waals surface area contributed by atoms with E-state index in [9.17, 15) is 9.59 Å². The zero-order valence-electron chi connectivity index (χ0n) is 12.2. The molecular weight excluding hydrogens is 286 g/mol. The third-order valence-electron chi connectivity index (χ3n) is 2.96. The maximum absolute atomic E-state index is 12.2. The molecule has 0 saturated carbocycles. The molecule has 0 N–H and O–H groups in total. The summed E-state index contributed by atoms with van der Waals surface area (Å²) in [5.41, 5.74) is 0.855. The van der Waals surface area contributed by atoms with Gasteiger partial charge >= 0.3 is 12.1 Å². The number of amides is 1. The number of carbonyl (C=O) groups is 2. The molecule has 1 aliphatic heterocycles.